The second-order valence-electron chi connectivity index (χ2n) is 5.37. The largest absolute Gasteiger partial charge is 0.495 e. The van der Waals surface area contributed by atoms with Crippen molar-refractivity contribution in [3.8, 4) is 5.75 Å². The zero-order valence-electron chi connectivity index (χ0n) is 14.5. The summed E-state index contributed by atoms with van der Waals surface area (Å²) in [7, 11) is -1.17. The first-order valence-electron chi connectivity index (χ1n) is 7.62. The molecule has 0 heterocycles. The molecule has 0 saturated heterocycles. The van der Waals surface area contributed by atoms with Crippen LogP contribution in [-0.4, -0.2) is 45.5 Å². The highest BCUT2D eigenvalue weighted by molar-refractivity contribution is 9.10. The van der Waals surface area contributed by atoms with E-state index in [9.17, 15) is 13.2 Å². The number of hydrazone groups is 1. The number of ether oxygens (including phenoxy) is 1. The molecule has 27 heavy (non-hydrogen) atoms. The number of amides is 1. The van der Waals surface area contributed by atoms with Crippen molar-refractivity contribution in [3.05, 3.63) is 57.5 Å². The third-order valence-corrected chi connectivity index (χ3v) is 6.31. The summed E-state index contributed by atoms with van der Waals surface area (Å²) in [6.45, 7) is -0.403. The molecule has 1 amide bonds. The van der Waals surface area contributed by atoms with Crippen LogP contribution in [0.5, 0.6) is 5.75 Å². The van der Waals surface area contributed by atoms with Gasteiger partial charge in [0.2, 0.25) is 10.0 Å². The van der Waals surface area contributed by atoms with Crippen LogP contribution in [0, 0.1) is 0 Å². The molecule has 0 spiro atoms. The fraction of sp³-hybridized carbons (Fsp3) is 0.176. The second-order valence-corrected chi connectivity index (χ2v) is 8.68. The average Bonchev–Trinajstić information content (AvgIpc) is 2.63. The Morgan fingerprint density at radius 2 is 2.04 bits per heavy atom. The molecule has 144 valence electrons. The smallest absolute Gasteiger partial charge is 0.255 e. The minimum absolute atomic E-state index is 0.0414. The van der Waals surface area contributed by atoms with Crippen LogP contribution in [0.4, 0.5) is 0 Å². The predicted molar refractivity (Wildman–Crippen MR) is 108 cm³/mol. The lowest BCUT2D eigenvalue weighted by Crippen LogP contribution is -2.36. The first-order valence-corrected chi connectivity index (χ1v) is 10.2. The quantitative estimate of drug-likeness (QED) is 0.494. The van der Waals surface area contributed by atoms with Crippen molar-refractivity contribution in [2.45, 2.75) is 4.90 Å². The summed E-state index contributed by atoms with van der Waals surface area (Å²) >= 11 is 9.34. The highest BCUT2D eigenvalue weighted by atomic mass is 79.9. The van der Waals surface area contributed by atoms with Crippen LogP contribution in [0.2, 0.25) is 5.02 Å². The number of hydrogen-bond acceptors (Lipinski definition) is 5. The van der Waals surface area contributed by atoms with Gasteiger partial charge in [-0.15, -0.1) is 0 Å². The van der Waals surface area contributed by atoms with Gasteiger partial charge < -0.3 is 4.74 Å². The summed E-state index contributed by atoms with van der Waals surface area (Å²) in [4.78, 5) is 11.9. The second kappa shape index (κ2) is 9.32. The summed E-state index contributed by atoms with van der Waals surface area (Å²) < 4.78 is 31.9. The molecule has 0 aliphatic heterocycles. The van der Waals surface area contributed by atoms with E-state index >= 15 is 0 Å². The fourth-order valence-electron chi connectivity index (χ4n) is 2.06. The number of benzene rings is 2. The molecule has 0 radical (unpaired) electrons. The van der Waals surface area contributed by atoms with Crippen LogP contribution in [0.25, 0.3) is 0 Å². The van der Waals surface area contributed by atoms with Gasteiger partial charge in [0, 0.05) is 17.1 Å². The van der Waals surface area contributed by atoms with Gasteiger partial charge >= 0.3 is 0 Å². The Morgan fingerprint density at radius 3 is 2.67 bits per heavy atom. The lowest BCUT2D eigenvalue weighted by molar-refractivity contribution is -0.121. The van der Waals surface area contributed by atoms with Gasteiger partial charge in [0.15, 0.2) is 0 Å². The molecule has 7 nitrogen and oxygen atoms in total. The molecule has 0 aliphatic rings. The van der Waals surface area contributed by atoms with Crippen molar-refractivity contribution in [3.63, 3.8) is 0 Å². The van der Waals surface area contributed by atoms with Crippen molar-refractivity contribution in [1.29, 1.82) is 0 Å². The van der Waals surface area contributed by atoms with Crippen molar-refractivity contribution < 1.29 is 17.9 Å². The maximum absolute atomic E-state index is 12.6. The maximum Gasteiger partial charge on any atom is 0.255 e. The Bertz CT molecular complexity index is 966. The van der Waals surface area contributed by atoms with Gasteiger partial charge in [0.05, 0.1) is 29.8 Å². The van der Waals surface area contributed by atoms with Crippen LogP contribution in [0.3, 0.4) is 0 Å². The van der Waals surface area contributed by atoms with E-state index in [4.69, 9.17) is 16.3 Å². The van der Waals surface area contributed by atoms with Gasteiger partial charge in [-0.25, -0.2) is 13.8 Å². The monoisotopic (exact) mass is 473 g/mol. The fourth-order valence-corrected chi connectivity index (χ4v) is 3.93. The van der Waals surface area contributed by atoms with E-state index in [-0.39, 0.29) is 9.92 Å². The van der Waals surface area contributed by atoms with Crippen LogP contribution in [-0.2, 0) is 14.8 Å². The van der Waals surface area contributed by atoms with Crippen molar-refractivity contribution in [1.82, 2.24) is 9.73 Å². The number of sulfonamides is 1. The molecular weight excluding hydrogens is 458 g/mol. The molecule has 0 aromatic heterocycles. The molecule has 2 aromatic carbocycles. The Kier molecular flexibility index (Phi) is 7.37. The average molecular weight is 475 g/mol. The number of nitrogens with one attached hydrogen (secondary N) is 1. The van der Waals surface area contributed by atoms with Gasteiger partial charge in [-0.05, 0) is 24.3 Å². The Morgan fingerprint density at radius 1 is 1.33 bits per heavy atom. The minimum Gasteiger partial charge on any atom is -0.495 e. The van der Waals surface area contributed by atoms with E-state index in [1.54, 1.807) is 0 Å². The zero-order chi connectivity index (χ0) is 20.0. The van der Waals surface area contributed by atoms with Crippen LogP contribution >= 0.6 is 27.5 Å². The van der Waals surface area contributed by atoms with Gasteiger partial charge in [-0.1, -0.05) is 45.7 Å². The molecule has 0 unspecified atom stereocenters. The first-order chi connectivity index (χ1) is 12.8. The molecule has 0 bridgehead atoms. The summed E-state index contributed by atoms with van der Waals surface area (Å²) in [5.41, 5.74) is 3.07. The van der Waals surface area contributed by atoms with Gasteiger partial charge in [0.1, 0.15) is 5.75 Å². The van der Waals surface area contributed by atoms with Gasteiger partial charge in [-0.2, -0.15) is 9.41 Å². The highest BCUT2D eigenvalue weighted by Gasteiger charge is 2.23. The van der Waals surface area contributed by atoms with Crippen molar-refractivity contribution in [2.75, 3.05) is 20.7 Å². The van der Waals surface area contributed by atoms with Gasteiger partial charge in [0.25, 0.3) is 5.91 Å². The Hall–Kier alpha value is -1.94. The summed E-state index contributed by atoms with van der Waals surface area (Å²) in [6.07, 6.45) is 1.46. The molecule has 0 aliphatic carbocycles. The molecule has 10 heteroatoms. The number of rotatable bonds is 7. The molecule has 2 aromatic rings. The third kappa shape index (κ3) is 5.52. The molecular formula is C17H17BrClN3O4S. The third-order valence-electron chi connectivity index (χ3n) is 3.50. The molecule has 0 atom stereocenters. The summed E-state index contributed by atoms with van der Waals surface area (Å²) in [5, 5.41) is 3.99. The van der Waals surface area contributed by atoms with Crippen LogP contribution < -0.4 is 10.2 Å². The van der Waals surface area contributed by atoms with Gasteiger partial charge in [-0.3, -0.25) is 4.79 Å². The molecule has 2 rings (SSSR count). The SMILES string of the molecule is COc1ccc(S(=O)(=O)N(C)CC(=O)NN=Cc2ccccc2Br)cc1Cl. The molecule has 0 fully saturated rings. The number of carbonyl (C=O) groups excluding carboxylic acids is 1. The van der Waals surface area contributed by atoms with Crippen LogP contribution in [0.1, 0.15) is 5.56 Å². The number of likely N-dealkylation sites (N-methyl/N-ethyl adjacent to an activating group) is 1. The predicted octanol–water partition coefficient (Wildman–Crippen LogP) is 2.88. The molecule has 1 N–H and O–H groups in total. The lowest BCUT2D eigenvalue weighted by atomic mass is 10.2. The number of hydrogen-bond donors (Lipinski definition) is 1. The summed E-state index contributed by atoms with van der Waals surface area (Å²) in [5.74, 6) is -0.221. The lowest BCUT2D eigenvalue weighted by Gasteiger charge is -2.16. The zero-order valence-corrected chi connectivity index (χ0v) is 17.7. The number of methoxy groups -OCH3 is 1. The van der Waals surface area contributed by atoms with E-state index in [0.29, 0.717) is 5.75 Å². The minimum atomic E-state index is -3.89. The Labute approximate surface area is 171 Å². The first kappa shape index (κ1) is 21.4. The summed E-state index contributed by atoms with van der Waals surface area (Å²) in [6, 6.07) is 11.4. The standard InChI is InChI=1S/C17H17BrClN3O4S/c1-22(27(24,25)13-7-8-16(26-2)15(19)9-13)11-17(23)21-20-10-12-5-3-4-6-14(12)18/h3-10H,11H2,1-2H3,(H,21,23). The van der Waals surface area contributed by atoms with Crippen molar-refractivity contribution >= 4 is 49.7 Å². The maximum atomic E-state index is 12.6. The number of nitrogens with zero attached hydrogens (tertiary/aromatic N) is 2. The number of halogens is 2. The van der Waals surface area contributed by atoms with E-state index in [2.05, 4.69) is 26.5 Å². The number of carbonyl (C=O) groups is 1. The Balaban J connectivity index is 2.02. The van der Waals surface area contributed by atoms with E-state index in [1.165, 1.54) is 38.6 Å². The van der Waals surface area contributed by atoms with E-state index in [0.717, 1.165) is 14.3 Å². The van der Waals surface area contributed by atoms with Crippen LogP contribution in [0.15, 0.2) is 56.9 Å². The van der Waals surface area contributed by atoms with E-state index < -0.39 is 22.5 Å². The van der Waals surface area contributed by atoms with Crippen molar-refractivity contribution in [2.24, 2.45) is 5.10 Å². The topological polar surface area (TPSA) is 88.1 Å². The highest BCUT2D eigenvalue weighted by Crippen LogP contribution is 2.28. The van der Waals surface area contributed by atoms with E-state index in [1.807, 2.05) is 24.3 Å². The normalized spacial score (nSPS) is 11.7. The molecule has 0 saturated carbocycles.